The van der Waals surface area contributed by atoms with Gasteiger partial charge in [-0.25, -0.2) is 9.78 Å². The summed E-state index contributed by atoms with van der Waals surface area (Å²) in [5, 5.41) is 3.40. The molecule has 2 aromatic heterocycles. The fraction of sp³-hybridized carbons (Fsp3) is 0.438. The second-order valence-corrected chi connectivity index (χ2v) is 6.50. The van der Waals surface area contributed by atoms with Crippen LogP contribution in [-0.2, 0) is 16.1 Å². The van der Waals surface area contributed by atoms with Crippen molar-refractivity contribution >= 4 is 28.3 Å². The second-order valence-electron chi connectivity index (χ2n) is 5.30. The number of amides is 1. The normalized spacial score (nSPS) is 10.7. The van der Waals surface area contributed by atoms with Crippen molar-refractivity contribution in [3.05, 3.63) is 33.6 Å². The highest BCUT2D eigenvalue weighted by molar-refractivity contribution is 7.15. The van der Waals surface area contributed by atoms with Gasteiger partial charge >= 0.3 is 5.97 Å². The zero-order valence-electron chi connectivity index (χ0n) is 14.0. The summed E-state index contributed by atoms with van der Waals surface area (Å²) < 4.78 is 6.83. The molecule has 0 bridgehead atoms. The molecular weight excluding hydrogens is 314 g/mol. The summed E-state index contributed by atoms with van der Waals surface area (Å²) in [6, 6.07) is 1.75. The number of rotatable bonds is 5. The number of aromatic nitrogens is 2. The van der Waals surface area contributed by atoms with Crippen molar-refractivity contribution in [3.8, 4) is 0 Å². The molecule has 0 aliphatic heterocycles. The van der Waals surface area contributed by atoms with Gasteiger partial charge in [-0.05, 0) is 40.7 Å². The molecule has 2 aromatic rings. The van der Waals surface area contributed by atoms with Crippen LogP contribution in [0, 0.1) is 27.7 Å². The quantitative estimate of drug-likeness (QED) is 0.853. The number of hydrogen-bond acceptors (Lipinski definition) is 5. The first kappa shape index (κ1) is 17.2. The van der Waals surface area contributed by atoms with E-state index in [0.29, 0.717) is 17.3 Å². The minimum atomic E-state index is -0.363. The fourth-order valence-corrected chi connectivity index (χ4v) is 3.12. The number of anilines is 1. The Balaban J connectivity index is 2.13. The number of esters is 1. The zero-order chi connectivity index (χ0) is 17.1. The summed E-state index contributed by atoms with van der Waals surface area (Å²) in [6.07, 6.45) is 0. The lowest BCUT2D eigenvalue weighted by Gasteiger charge is -2.09. The van der Waals surface area contributed by atoms with Crippen molar-refractivity contribution in [2.45, 2.75) is 41.2 Å². The molecule has 2 heterocycles. The van der Waals surface area contributed by atoms with Crippen molar-refractivity contribution in [2.75, 3.05) is 11.9 Å². The molecule has 0 aromatic carbocycles. The molecule has 1 N–H and O–H groups in total. The molecule has 2 rings (SSSR count). The number of nitrogens with one attached hydrogen (secondary N) is 1. The minimum Gasteiger partial charge on any atom is -0.462 e. The number of carbonyl (C=O) groups is 2. The molecule has 0 spiro atoms. The van der Waals surface area contributed by atoms with E-state index in [0.717, 1.165) is 22.0 Å². The van der Waals surface area contributed by atoms with Gasteiger partial charge in [-0.2, -0.15) is 0 Å². The number of nitrogens with zero attached hydrogens (tertiary/aromatic N) is 2. The first-order valence-corrected chi connectivity index (χ1v) is 8.22. The van der Waals surface area contributed by atoms with E-state index in [1.54, 1.807) is 17.6 Å². The topological polar surface area (TPSA) is 73.2 Å². The number of aryl methyl sites for hydroxylation is 3. The van der Waals surface area contributed by atoms with Crippen molar-refractivity contribution < 1.29 is 14.3 Å². The largest absolute Gasteiger partial charge is 0.462 e. The third-order valence-electron chi connectivity index (χ3n) is 3.65. The highest BCUT2D eigenvalue weighted by atomic mass is 32.1. The van der Waals surface area contributed by atoms with E-state index in [1.165, 1.54) is 11.3 Å². The molecule has 0 saturated heterocycles. The lowest BCUT2D eigenvalue weighted by atomic mass is 10.2. The van der Waals surface area contributed by atoms with Crippen LogP contribution in [0.1, 0.15) is 39.2 Å². The van der Waals surface area contributed by atoms with Crippen LogP contribution >= 0.6 is 11.3 Å². The Hall–Kier alpha value is -2.15. The van der Waals surface area contributed by atoms with Gasteiger partial charge in [0.15, 0.2) is 5.13 Å². The third kappa shape index (κ3) is 3.79. The number of ether oxygens (including phenoxy) is 1. The molecule has 0 radical (unpaired) electrons. The summed E-state index contributed by atoms with van der Waals surface area (Å²) in [7, 11) is 0. The van der Waals surface area contributed by atoms with Crippen molar-refractivity contribution in [3.63, 3.8) is 0 Å². The van der Waals surface area contributed by atoms with E-state index in [-0.39, 0.29) is 18.4 Å². The van der Waals surface area contributed by atoms with Gasteiger partial charge in [-0.1, -0.05) is 0 Å². The van der Waals surface area contributed by atoms with E-state index in [2.05, 4.69) is 10.3 Å². The predicted octanol–water partition coefficient (Wildman–Crippen LogP) is 2.99. The first-order chi connectivity index (χ1) is 10.8. The standard InChI is InChI=1S/C16H21N3O3S/c1-6-22-15(21)13-7-9(2)19(11(13)4)8-14(20)18-16-17-10(3)12(5)23-16/h7H,6,8H2,1-5H3,(H,17,18,20). The van der Waals surface area contributed by atoms with Gasteiger partial charge in [-0.3, -0.25) is 4.79 Å². The van der Waals surface area contributed by atoms with E-state index in [1.807, 2.05) is 27.7 Å². The number of thiazole rings is 1. The summed E-state index contributed by atoms with van der Waals surface area (Å²) in [4.78, 5) is 29.5. The number of carbonyl (C=O) groups excluding carboxylic acids is 2. The molecule has 7 heteroatoms. The van der Waals surface area contributed by atoms with Gasteiger partial charge in [0, 0.05) is 16.3 Å². The molecule has 23 heavy (non-hydrogen) atoms. The molecule has 0 aliphatic carbocycles. The molecule has 0 fully saturated rings. The maximum atomic E-state index is 12.2. The lowest BCUT2D eigenvalue weighted by molar-refractivity contribution is -0.116. The maximum absolute atomic E-state index is 12.2. The van der Waals surface area contributed by atoms with E-state index >= 15 is 0 Å². The Kier molecular flexibility index (Phi) is 5.20. The molecule has 1 amide bonds. The molecule has 0 unspecified atom stereocenters. The minimum absolute atomic E-state index is 0.134. The molecular formula is C16H21N3O3S. The Morgan fingerprint density at radius 3 is 2.57 bits per heavy atom. The van der Waals surface area contributed by atoms with Gasteiger partial charge < -0.3 is 14.6 Å². The van der Waals surface area contributed by atoms with Gasteiger partial charge in [0.05, 0.1) is 17.9 Å². The number of hydrogen-bond donors (Lipinski definition) is 1. The average Bonchev–Trinajstić information content (AvgIpc) is 2.92. The molecule has 0 saturated carbocycles. The van der Waals surface area contributed by atoms with Crippen molar-refractivity contribution in [1.82, 2.24) is 9.55 Å². The van der Waals surface area contributed by atoms with Crippen LogP contribution in [0.25, 0.3) is 0 Å². The summed E-state index contributed by atoms with van der Waals surface area (Å²) in [6.45, 7) is 9.77. The maximum Gasteiger partial charge on any atom is 0.339 e. The SMILES string of the molecule is CCOC(=O)c1cc(C)n(CC(=O)Nc2nc(C)c(C)s2)c1C. The van der Waals surface area contributed by atoms with Crippen molar-refractivity contribution in [2.24, 2.45) is 0 Å². The van der Waals surface area contributed by atoms with Crippen LogP contribution < -0.4 is 5.32 Å². The Bertz CT molecular complexity index is 727. The summed E-state index contributed by atoms with van der Waals surface area (Å²) >= 11 is 1.45. The van der Waals surface area contributed by atoms with Crippen LogP contribution in [0.5, 0.6) is 0 Å². The van der Waals surface area contributed by atoms with Gasteiger partial charge in [0.2, 0.25) is 5.91 Å². The predicted molar refractivity (Wildman–Crippen MR) is 90.1 cm³/mol. The Morgan fingerprint density at radius 2 is 2.00 bits per heavy atom. The summed E-state index contributed by atoms with van der Waals surface area (Å²) in [5.41, 5.74) is 2.98. The highest BCUT2D eigenvalue weighted by Gasteiger charge is 2.18. The lowest BCUT2D eigenvalue weighted by Crippen LogP contribution is -2.20. The van der Waals surface area contributed by atoms with Crippen LogP contribution in [0.2, 0.25) is 0 Å². The smallest absolute Gasteiger partial charge is 0.339 e. The van der Waals surface area contributed by atoms with Crippen LogP contribution in [0.15, 0.2) is 6.07 Å². The average molecular weight is 335 g/mol. The molecule has 124 valence electrons. The molecule has 6 nitrogen and oxygen atoms in total. The zero-order valence-corrected chi connectivity index (χ0v) is 14.8. The van der Waals surface area contributed by atoms with Crippen molar-refractivity contribution in [1.29, 1.82) is 0 Å². The fourth-order valence-electron chi connectivity index (χ4n) is 2.29. The monoisotopic (exact) mass is 335 g/mol. The van der Waals surface area contributed by atoms with Gasteiger partial charge in [-0.15, -0.1) is 11.3 Å². The molecule has 0 atom stereocenters. The molecule has 0 aliphatic rings. The van der Waals surface area contributed by atoms with Crippen LogP contribution in [-0.4, -0.2) is 28.0 Å². The first-order valence-electron chi connectivity index (χ1n) is 7.41. The van der Waals surface area contributed by atoms with Gasteiger partial charge in [0.1, 0.15) is 6.54 Å². The van der Waals surface area contributed by atoms with Crippen LogP contribution in [0.4, 0.5) is 5.13 Å². The third-order valence-corrected chi connectivity index (χ3v) is 4.63. The summed E-state index contributed by atoms with van der Waals surface area (Å²) in [5.74, 6) is -0.533. The van der Waals surface area contributed by atoms with Gasteiger partial charge in [0.25, 0.3) is 0 Å². The van der Waals surface area contributed by atoms with E-state index in [4.69, 9.17) is 4.74 Å². The van der Waals surface area contributed by atoms with E-state index < -0.39 is 0 Å². The van der Waals surface area contributed by atoms with E-state index in [9.17, 15) is 9.59 Å². The Labute approximate surface area is 139 Å². The van der Waals surface area contributed by atoms with Crippen LogP contribution in [0.3, 0.4) is 0 Å². The second kappa shape index (κ2) is 6.95. The highest BCUT2D eigenvalue weighted by Crippen LogP contribution is 2.21. The Morgan fingerprint density at radius 1 is 1.30 bits per heavy atom.